The molecule has 0 radical (unpaired) electrons. The molecule has 0 heterocycles. The van der Waals surface area contributed by atoms with Gasteiger partial charge < -0.3 is 24.8 Å². The molecule has 139 valence electrons. The SMILES string of the molecule is CC[Si](C)(C)C1=C(C2=Cc3ccccc3[CH]2[Zr+2])CC=C1CCCO.[Cl-].[Cl-]. The van der Waals surface area contributed by atoms with Crippen LogP contribution in [0.15, 0.2) is 52.3 Å². The summed E-state index contributed by atoms with van der Waals surface area (Å²) in [5.74, 6) is 0. The maximum Gasteiger partial charge on any atom is -1.00 e. The first-order valence-corrected chi connectivity index (χ1v) is 13.7. The summed E-state index contributed by atoms with van der Waals surface area (Å²) in [5, 5.41) is 11.0. The molecule has 0 aliphatic heterocycles. The number of aliphatic hydroxyl groups is 1. The molecule has 0 saturated heterocycles. The summed E-state index contributed by atoms with van der Waals surface area (Å²) in [4.78, 5) is 0. The Hall–Kier alpha value is 0.0800. The van der Waals surface area contributed by atoms with Crippen LogP contribution in [0.25, 0.3) is 6.08 Å². The molecule has 26 heavy (non-hydrogen) atoms. The molecule has 1 atom stereocenters. The first-order valence-electron chi connectivity index (χ1n) is 9.05. The number of benzene rings is 1. The van der Waals surface area contributed by atoms with Crippen LogP contribution in [0.3, 0.4) is 0 Å². The van der Waals surface area contributed by atoms with Gasteiger partial charge in [0.05, 0.1) is 0 Å². The van der Waals surface area contributed by atoms with Gasteiger partial charge in [-0.15, -0.1) is 0 Å². The van der Waals surface area contributed by atoms with Gasteiger partial charge >= 0.3 is 163 Å². The number of rotatable bonds is 6. The average molecular weight is 486 g/mol. The van der Waals surface area contributed by atoms with Crippen molar-refractivity contribution in [2.45, 2.75) is 49.0 Å². The minimum Gasteiger partial charge on any atom is -1.00 e. The second-order valence-corrected chi connectivity index (χ2v) is 13.9. The second kappa shape index (κ2) is 10.0. The number of hydrogen-bond acceptors (Lipinski definition) is 1. The Labute approximate surface area is 186 Å². The van der Waals surface area contributed by atoms with Gasteiger partial charge in [0.2, 0.25) is 0 Å². The summed E-state index contributed by atoms with van der Waals surface area (Å²) in [5.41, 5.74) is 7.67. The monoisotopic (exact) mass is 483 g/mol. The Morgan fingerprint density at radius 2 is 1.88 bits per heavy atom. The van der Waals surface area contributed by atoms with Crippen molar-refractivity contribution in [1.82, 2.24) is 0 Å². The van der Waals surface area contributed by atoms with Crippen LogP contribution in [-0.4, -0.2) is 19.8 Å². The molecule has 0 aromatic heterocycles. The van der Waals surface area contributed by atoms with Gasteiger partial charge in [-0.3, -0.25) is 0 Å². The van der Waals surface area contributed by atoms with Crippen molar-refractivity contribution in [3.63, 3.8) is 0 Å². The predicted molar refractivity (Wildman–Crippen MR) is 101 cm³/mol. The molecule has 1 unspecified atom stereocenters. The molecule has 0 amide bonds. The first-order chi connectivity index (χ1) is 11.5. The number of hydrogen-bond donors (Lipinski definition) is 1. The maximum absolute atomic E-state index is 9.27. The van der Waals surface area contributed by atoms with Crippen LogP contribution < -0.4 is 24.8 Å². The molecule has 2 aliphatic carbocycles. The van der Waals surface area contributed by atoms with Crippen molar-refractivity contribution < 1.29 is 54.6 Å². The Bertz CT molecular complexity index is 737. The zero-order chi connectivity index (χ0) is 17.3. The molecule has 1 nitrogen and oxygen atoms in total. The van der Waals surface area contributed by atoms with Gasteiger partial charge in [0.1, 0.15) is 0 Å². The van der Waals surface area contributed by atoms with E-state index >= 15 is 0 Å². The molecule has 1 N–H and O–H groups in total. The number of aliphatic hydroxyl groups excluding tert-OH is 1. The predicted octanol–water partition coefficient (Wildman–Crippen LogP) is -0.654. The molecule has 3 rings (SSSR count). The topological polar surface area (TPSA) is 20.2 Å². The summed E-state index contributed by atoms with van der Waals surface area (Å²) in [6.07, 6.45) is 7.92. The van der Waals surface area contributed by atoms with E-state index in [1.807, 2.05) is 0 Å². The molecular weight excluding hydrogens is 458 g/mol. The minimum atomic E-state index is -1.42. The smallest absolute Gasteiger partial charge is 1.00 e. The molecule has 2 aliphatic rings. The number of halogens is 2. The second-order valence-electron chi connectivity index (χ2n) is 7.51. The fraction of sp³-hybridized carbons (Fsp3) is 0.429. The molecule has 1 aromatic rings. The van der Waals surface area contributed by atoms with Crippen LogP contribution in [0.1, 0.15) is 40.9 Å². The van der Waals surface area contributed by atoms with Gasteiger partial charge in [-0.25, -0.2) is 0 Å². The van der Waals surface area contributed by atoms with Gasteiger partial charge in [-0.2, -0.15) is 0 Å². The van der Waals surface area contributed by atoms with Gasteiger partial charge in [-0.05, 0) is 0 Å². The fourth-order valence-corrected chi connectivity index (χ4v) is 7.78. The standard InChI is InChI=1S/C21H27OSi.2ClH.Zr/c1-4-23(2,3)21-16(10-7-13-22)11-12-20(21)19-14-17-8-5-6-9-18(17)15-19;;;/h5-6,8-9,11,14-15,22H,4,7,10,12-13H2,1-3H3;2*1H;/q;;;+2/p-2. The van der Waals surface area contributed by atoms with Crippen molar-refractivity contribution >= 4 is 14.1 Å². The van der Waals surface area contributed by atoms with E-state index in [1.54, 1.807) is 41.1 Å². The van der Waals surface area contributed by atoms with Gasteiger partial charge in [0.15, 0.2) is 0 Å². The Balaban J connectivity index is 0.00000169. The van der Waals surface area contributed by atoms with E-state index in [1.165, 1.54) is 22.7 Å². The zero-order valence-electron chi connectivity index (χ0n) is 15.8. The van der Waals surface area contributed by atoms with E-state index in [0.717, 1.165) is 19.3 Å². The minimum absolute atomic E-state index is 0. The summed E-state index contributed by atoms with van der Waals surface area (Å²) in [6.45, 7) is 7.68. The van der Waals surface area contributed by atoms with Crippen LogP contribution in [-0.2, 0) is 24.7 Å². The van der Waals surface area contributed by atoms with Crippen LogP contribution in [0, 0.1) is 0 Å². The largest absolute Gasteiger partial charge is 1.00 e. The summed E-state index contributed by atoms with van der Waals surface area (Å²) in [6, 6.07) is 10.2. The average Bonchev–Trinajstić information content (AvgIpc) is 3.15. The van der Waals surface area contributed by atoms with Crippen LogP contribution in [0.2, 0.25) is 19.1 Å². The van der Waals surface area contributed by atoms with Crippen LogP contribution in [0.4, 0.5) is 0 Å². The van der Waals surface area contributed by atoms with Crippen molar-refractivity contribution in [1.29, 1.82) is 0 Å². The summed E-state index contributed by atoms with van der Waals surface area (Å²) >= 11 is 1.59. The van der Waals surface area contributed by atoms with E-state index in [0.29, 0.717) is 10.2 Å². The van der Waals surface area contributed by atoms with Crippen molar-refractivity contribution in [3.05, 3.63) is 63.4 Å². The number of allylic oxidation sites excluding steroid dienone is 5. The molecule has 0 spiro atoms. The van der Waals surface area contributed by atoms with Crippen molar-refractivity contribution in [2.24, 2.45) is 0 Å². The quantitative estimate of drug-likeness (QED) is 0.531. The van der Waals surface area contributed by atoms with Crippen molar-refractivity contribution in [3.8, 4) is 0 Å². The van der Waals surface area contributed by atoms with Gasteiger partial charge in [0, 0.05) is 0 Å². The fourth-order valence-electron chi connectivity index (χ4n) is 3.99. The summed E-state index contributed by atoms with van der Waals surface area (Å²) < 4.78 is 0.589. The van der Waals surface area contributed by atoms with E-state index in [4.69, 9.17) is 0 Å². The first kappa shape index (κ1) is 24.1. The van der Waals surface area contributed by atoms with E-state index < -0.39 is 8.07 Å². The molecule has 5 heteroatoms. The number of fused-ring (bicyclic) bond motifs is 1. The Morgan fingerprint density at radius 3 is 2.50 bits per heavy atom. The molecule has 1 aromatic carbocycles. The van der Waals surface area contributed by atoms with Crippen LogP contribution >= 0.6 is 0 Å². The maximum atomic E-state index is 9.27. The van der Waals surface area contributed by atoms with E-state index in [9.17, 15) is 5.11 Å². The van der Waals surface area contributed by atoms with Crippen molar-refractivity contribution in [2.75, 3.05) is 6.61 Å². The third kappa shape index (κ3) is 4.55. The third-order valence-electron chi connectivity index (χ3n) is 5.62. The molecular formula is C21H27Cl2OSiZr. The zero-order valence-corrected chi connectivity index (χ0v) is 20.8. The molecule has 0 fully saturated rings. The molecule has 0 saturated carbocycles. The van der Waals surface area contributed by atoms with E-state index in [2.05, 4.69) is 56.4 Å². The van der Waals surface area contributed by atoms with Crippen LogP contribution in [0.5, 0.6) is 0 Å². The van der Waals surface area contributed by atoms with E-state index in [-0.39, 0.29) is 24.8 Å². The molecule has 0 bridgehead atoms. The summed E-state index contributed by atoms with van der Waals surface area (Å²) in [7, 11) is -1.42. The normalized spacial score (nSPS) is 18.8. The Kier molecular flexibility index (Phi) is 9.30. The van der Waals surface area contributed by atoms with Gasteiger partial charge in [-0.1, -0.05) is 0 Å². The third-order valence-corrected chi connectivity index (χ3v) is 10.9. The van der Waals surface area contributed by atoms with Gasteiger partial charge in [0.25, 0.3) is 0 Å². The Morgan fingerprint density at radius 1 is 1.19 bits per heavy atom.